The lowest BCUT2D eigenvalue weighted by molar-refractivity contribution is 0.160. The second kappa shape index (κ2) is 7.00. The van der Waals surface area contributed by atoms with Crippen LogP contribution in [0.25, 0.3) is 0 Å². The molecule has 0 heterocycles. The second-order valence-corrected chi connectivity index (χ2v) is 4.79. The van der Waals surface area contributed by atoms with Gasteiger partial charge in [0.15, 0.2) is 0 Å². The Morgan fingerprint density at radius 2 is 2.29 bits per heavy atom. The first-order chi connectivity index (χ1) is 8.06. The number of nitrogens with one attached hydrogen (secondary N) is 1. The van der Waals surface area contributed by atoms with Gasteiger partial charge in [-0.15, -0.1) is 0 Å². The molecule has 0 saturated carbocycles. The summed E-state index contributed by atoms with van der Waals surface area (Å²) < 4.78 is 18.3. The van der Waals surface area contributed by atoms with Gasteiger partial charge in [0.05, 0.1) is 20.9 Å². The average molecular weight is 372 g/mol. The number of carbonyl (C=O) groups excluding carboxylic acids is 1. The maximum atomic E-state index is 13.1. The highest BCUT2D eigenvalue weighted by Crippen LogP contribution is 2.29. The highest BCUT2D eigenvalue weighted by Gasteiger charge is 2.12. The zero-order valence-corrected chi connectivity index (χ0v) is 12.1. The van der Waals surface area contributed by atoms with E-state index in [-0.39, 0.29) is 8.59 Å². The molecule has 94 valence electrons. The predicted octanol–water partition coefficient (Wildman–Crippen LogP) is 4.43. The van der Waals surface area contributed by atoms with E-state index in [9.17, 15) is 9.18 Å². The number of benzene rings is 1. The Morgan fingerprint density at radius 3 is 2.94 bits per heavy atom. The summed E-state index contributed by atoms with van der Waals surface area (Å²) in [7, 11) is 0. The smallest absolute Gasteiger partial charge is 0.411 e. The topological polar surface area (TPSA) is 38.3 Å². The van der Waals surface area contributed by atoms with Gasteiger partial charge >= 0.3 is 6.09 Å². The number of amides is 1. The van der Waals surface area contributed by atoms with Crippen molar-refractivity contribution in [1.82, 2.24) is 0 Å². The predicted molar refractivity (Wildman–Crippen MR) is 74.0 cm³/mol. The van der Waals surface area contributed by atoms with E-state index in [1.165, 1.54) is 12.1 Å². The van der Waals surface area contributed by atoms with Crippen molar-refractivity contribution < 1.29 is 13.9 Å². The first-order valence-corrected chi connectivity index (χ1v) is 6.59. The summed E-state index contributed by atoms with van der Waals surface area (Å²) in [5.74, 6) is -0.416. The zero-order valence-electron chi connectivity index (χ0n) is 9.23. The Bertz CT molecular complexity index is 415. The summed E-state index contributed by atoms with van der Waals surface area (Å²) in [6.45, 7) is 2.36. The minimum absolute atomic E-state index is 0.179. The van der Waals surface area contributed by atoms with Gasteiger partial charge in [-0.2, -0.15) is 0 Å². The standard InChI is InChI=1S/C11H12ClFINO2/c1-2-3-6-17-11(16)15-8-5-4-7(13)10(14)9(8)12/h4-5H,2-3,6H2,1H3,(H,15,16). The van der Waals surface area contributed by atoms with Crippen LogP contribution in [0.15, 0.2) is 12.1 Å². The molecule has 0 aliphatic rings. The number of anilines is 1. The summed E-state index contributed by atoms with van der Waals surface area (Å²) in [5, 5.41) is 2.65. The van der Waals surface area contributed by atoms with Crippen LogP contribution in [0.2, 0.25) is 5.02 Å². The van der Waals surface area contributed by atoms with Crippen molar-refractivity contribution in [3.8, 4) is 0 Å². The van der Waals surface area contributed by atoms with E-state index in [1.54, 1.807) is 22.6 Å². The summed E-state index contributed by atoms with van der Waals surface area (Å²) in [6.07, 6.45) is 1.17. The molecule has 0 saturated heterocycles. The highest BCUT2D eigenvalue weighted by atomic mass is 127. The average Bonchev–Trinajstić information content (AvgIpc) is 2.30. The number of carbonyl (C=O) groups is 1. The fourth-order valence-electron chi connectivity index (χ4n) is 1.08. The molecule has 0 unspecified atom stereocenters. The van der Waals surface area contributed by atoms with Crippen molar-refractivity contribution in [3.05, 3.63) is 26.5 Å². The minimum atomic E-state index is -0.581. The molecule has 0 bridgehead atoms. The molecule has 1 aromatic rings. The summed E-state index contributed by atoms with van der Waals surface area (Å²) in [5.41, 5.74) is 0.346. The SMILES string of the molecule is CCCCOC(=O)Nc1ccc(F)c(I)c1Cl. The zero-order chi connectivity index (χ0) is 12.8. The Morgan fingerprint density at radius 1 is 1.59 bits per heavy atom. The van der Waals surface area contributed by atoms with Crippen molar-refractivity contribution in [2.24, 2.45) is 0 Å². The van der Waals surface area contributed by atoms with Crippen LogP contribution in [-0.2, 0) is 4.74 Å². The Labute approximate surface area is 118 Å². The van der Waals surface area contributed by atoms with E-state index >= 15 is 0 Å². The van der Waals surface area contributed by atoms with Crippen LogP contribution in [0, 0.1) is 9.39 Å². The summed E-state index contributed by atoms with van der Waals surface area (Å²) >= 11 is 7.66. The molecule has 0 radical (unpaired) electrons. The highest BCUT2D eigenvalue weighted by molar-refractivity contribution is 14.1. The Hall–Kier alpha value is -0.560. The van der Waals surface area contributed by atoms with E-state index < -0.39 is 11.9 Å². The van der Waals surface area contributed by atoms with Gasteiger partial charge in [0.2, 0.25) is 0 Å². The van der Waals surface area contributed by atoms with Gasteiger partial charge in [-0.05, 0) is 41.1 Å². The molecule has 1 amide bonds. The van der Waals surface area contributed by atoms with E-state index in [1.807, 2.05) is 6.92 Å². The van der Waals surface area contributed by atoms with Gasteiger partial charge in [0.25, 0.3) is 0 Å². The quantitative estimate of drug-likeness (QED) is 0.483. The molecular formula is C11H12ClFINO2. The van der Waals surface area contributed by atoms with Crippen LogP contribution >= 0.6 is 34.2 Å². The van der Waals surface area contributed by atoms with Gasteiger partial charge in [0.1, 0.15) is 5.82 Å². The molecule has 0 aromatic heterocycles. The van der Waals surface area contributed by atoms with Crippen LogP contribution in [0.3, 0.4) is 0 Å². The van der Waals surface area contributed by atoms with Gasteiger partial charge in [-0.1, -0.05) is 24.9 Å². The number of ether oxygens (including phenoxy) is 1. The number of hydrogen-bond donors (Lipinski definition) is 1. The maximum absolute atomic E-state index is 13.1. The van der Waals surface area contributed by atoms with Crippen LogP contribution in [0.5, 0.6) is 0 Å². The minimum Gasteiger partial charge on any atom is -0.449 e. The van der Waals surface area contributed by atoms with Crippen molar-refractivity contribution in [2.45, 2.75) is 19.8 Å². The molecule has 0 atom stereocenters. The van der Waals surface area contributed by atoms with Crippen molar-refractivity contribution in [3.63, 3.8) is 0 Å². The van der Waals surface area contributed by atoms with Gasteiger partial charge < -0.3 is 4.74 Å². The van der Waals surface area contributed by atoms with Crippen LogP contribution in [0.1, 0.15) is 19.8 Å². The largest absolute Gasteiger partial charge is 0.449 e. The van der Waals surface area contributed by atoms with Crippen LogP contribution in [0.4, 0.5) is 14.9 Å². The lowest BCUT2D eigenvalue weighted by Gasteiger charge is -2.09. The van der Waals surface area contributed by atoms with Gasteiger partial charge in [0, 0.05) is 0 Å². The molecule has 0 fully saturated rings. The fourth-order valence-corrected chi connectivity index (χ4v) is 1.75. The molecule has 0 spiro atoms. The molecule has 6 heteroatoms. The molecular weight excluding hydrogens is 359 g/mol. The third-order valence-electron chi connectivity index (χ3n) is 2.00. The second-order valence-electron chi connectivity index (χ2n) is 3.34. The lowest BCUT2D eigenvalue weighted by Crippen LogP contribution is -2.15. The normalized spacial score (nSPS) is 10.1. The van der Waals surface area contributed by atoms with Crippen molar-refractivity contribution in [2.75, 3.05) is 11.9 Å². The summed E-state index contributed by atoms with van der Waals surface area (Å²) in [4.78, 5) is 11.3. The van der Waals surface area contributed by atoms with Crippen molar-refractivity contribution >= 4 is 46.0 Å². The van der Waals surface area contributed by atoms with E-state index in [0.717, 1.165) is 12.8 Å². The first kappa shape index (κ1) is 14.5. The third-order valence-corrected chi connectivity index (χ3v) is 3.77. The Kier molecular flexibility index (Phi) is 5.97. The van der Waals surface area contributed by atoms with Crippen molar-refractivity contribution in [1.29, 1.82) is 0 Å². The fraction of sp³-hybridized carbons (Fsp3) is 0.364. The maximum Gasteiger partial charge on any atom is 0.411 e. The van der Waals surface area contributed by atoms with Gasteiger partial charge in [-0.3, -0.25) is 5.32 Å². The Balaban J connectivity index is 2.63. The van der Waals surface area contributed by atoms with Crippen LogP contribution < -0.4 is 5.32 Å². The van der Waals surface area contributed by atoms with E-state index in [0.29, 0.717) is 12.3 Å². The number of hydrogen-bond acceptors (Lipinski definition) is 2. The summed E-state index contributed by atoms with van der Waals surface area (Å²) in [6, 6.07) is 2.65. The molecule has 1 aromatic carbocycles. The monoisotopic (exact) mass is 371 g/mol. The van der Waals surface area contributed by atoms with E-state index in [2.05, 4.69) is 5.32 Å². The molecule has 1 N–H and O–H groups in total. The van der Waals surface area contributed by atoms with Crippen LogP contribution in [-0.4, -0.2) is 12.7 Å². The number of halogens is 3. The number of unbranched alkanes of at least 4 members (excludes halogenated alkanes) is 1. The number of rotatable bonds is 4. The third kappa shape index (κ3) is 4.31. The van der Waals surface area contributed by atoms with Gasteiger partial charge in [-0.25, -0.2) is 9.18 Å². The van der Waals surface area contributed by atoms with E-state index in [4.69, 9.17) is 16.3 Å². The molecule has 0 aliphatic heterocycles. The molecule has 17 heavy (non-hydrogen) atoms. The lowest BCUT2D eigenvalue weighted by atomic mass is 10.3. The molecule has 0 aliphatic carbocycles. The molecule has 3 nitrogen and oxygen atoms in total. The first-order valence-electron chi connectivity index (χ1n) is 5.13. The molecule has 1 rings (SSSR count).